The molecule has 0 atom stereocenters. The molecular weight excluding hydrogens is 421 g/mol. The van der Waals surface area contributed by atoms with Gasteiger partial charge >= 0.3 is 6.18 Å². The van der Waals surface area contributed by atoms with E-state index in [2.05, 4.69) is 27.1 Å². The highest BCUT2D eigenvalue weighted by Gasteiger charge is 2.35. The molecule has 0 saturated carbocycles. The van der Waals surface area contributed by atoms with E-state index in [1.807, 2.05) is 12.1 Å². The van der Waals surface area contributed by atoms with Gasteiger partial charge in [0.2, 0.25) is 0 Å². The fourth-order valence-electron chi connectivity index (χ4n) is 3.68. The first-order chi connectivity index (χ1) is 15.3. The van der Waals surface area contributed by atoms with Crippen LogP contribution in [-0.4, -0.2) is 53.9 Å². The highest BCUT2D eigenvalue weighted by molar-refractivity contribution is 6.06. The number of aromatic nitrogens is 1. The molecule has 32 heavy (non-hydrogen) atoms. The van der Waals surface area contributed by atoms with Gasteiger partial charge in [0.15, 0.2) is 17.8 Å². The van der Waals surface area contributed by atoms with Gasteiger partial charge in [-0.05, 0) is 30.8 Å². The average molecular weight is 444 g/mol. The lowest BCUT2D eigenvalue weighted by Crippen LogP contribution is -2.43. The van der Waals surface area contributed by atoms with Crippen molar-refractivity contribution in [3.63, 3.8) is 0 Å². The highest BCUT2D eigenvalue weighted by Crippen LogP contribution is 2.38. The summed E-state index contributed by atoms with van der Waals surface area (Å²) in [5, 5.41) is 2.69. The third kappa shape index (κ3) is 5.00. The van der Waals surface area contributed by atoms with Gasteiger partial charge in [-0.15, -0.1) is 0 Å². The molecule has 6 nitrogen and oxygen atoms in total. The van der Waals surface area contributed by atoms with E-state index >= 15 is 0 Å². The number of carbonyl (C=O) groups is 1. The van der Waals surface area contributed by atoms with Crippen molar-refractivity contribution in [2.75, 3.05) is 38.5 Å². The van der Waals surface area contributed by atoms with E-state index < -0.39 is 17.6 Å². The lowest BCUT2D eigenvalue weighted by atomic mass is 10.0. The van der Waals surface area contributed by atoms with E-state index in [0.717, 1.165) is 50.7 Å². The summed E-state index contributed by atoms with van der Waals surface area (Å²) in [7, 11) is 2.11. The zero-order valence-electron chi connectivity index (χ0n) is 17.5. The number of oxazole rings is 1. The minimum atomic E-state index is -4.59. The van der Waals surface area contributed by atoms with Crippen molar-refractivity contribution < 1.29 is 22.4 Å². The van der Waals surface area contributed by atoms with Crippen molar-refractivity contribution in [3.05, 3.63) is 71.7 Å². The molecule has 0 aliphatic carbocycles. The number of rotatable bonds is 5. The number of likely N-dealkylation sites (N-methyl/N-ethyl adjacent to an activating group) is 1. The van der Waals surface area contributed by atoms with Crippen LogP contribution in [-0.2, 0) is 12.7 Å². The zero-order valence-corrected chi connectivity index (χ0v) is 17.5. The van der Waals surface area contributed by atoms with Crippen LogP contribution in [0.1, 0.15) is 21.6 Å². The minimum Gasteiger partial charge on any atom is -0.443 e. The van der Waals surface area contributed by atoms with Crippen molar-refractivity contribution in [1.29, 1.82) is 0 Å². The van der Waals surface area contributed by atoms with Gasteiger partial charge in [-0.1, -0.05) is 30.3 Å². The first-order valence-corrected chi connectivity index (χ1v) is 10.2. The molecule has 0 spiro atoms. The maximum Gasteiger partial charge on any atom is 0.417 e. The van der Waals surface area contributed by atoms with Crippen LogP contribution in [0.3, 0.4) is 0 Å². The topological polar surface area (TPSA) is 61.6 Å². The van der Waals surface area contributed by atoms with Crippen LogP contribution in [0.4, 0.5) is 18.9 Å². The van der Waals surface area contributed by atoms with Gasteiger partial charge in [-0.25, -0.2) is 4.98 Å². The van der Waals surface area contributed by atoms with E-state index in [-0.39, 0.29) is 17.0 Å². The fourth-order valence-corrected chi connectivity index (χ4v) is 3.68. The van der Waals surface area contributed by atoms with Crippen LogP contribution >= 0.6 is 0 Å². The molecule has 1 saturated heterocycles. The zero-order chi connectivity index (χ0) is 22.7. The number of hydrogen-bond donors (Lipinski definition) is 1. The third-order valence-corrected chi connectivity index (χ3v) is 5.47. The summed E-state index contributed by atoms with van der Waals surface area (Å²) in [5.74, 6) is -0.861. The van der Waals surface area contributed by atoms with Crippen LogP contribution < -0.4 is 5.32 Å². The molecule has 0 unspecified atom stereocenters. The van der Waals surface area contributed by atoms with Crippen molar-refractivity contribution in [1.82, 2.24) is 14.8 Å². The number of nitrogens with zero attached hydrogens (tertiary/aromatic N) is 3. The fraction of sp³-hybridized carbons (Fsp3) is 0.304. The van der Waals surface area contributed by atoms with E-state index in [1.54, 1.807) is 12.1 Å². The Morgan fingerprint density at radius 3 is 2.44 bits per heavy atom. The highest BCUT2D eigenvalue weighted by atomic mass is 19.4. The van der Waals surface area contributed by atoms with Gasteiger partial charge in [0.1, 0.15) is 0 Å². The summed E-state index contributed by atoms with van der Waals surface area (Å²) in [6.45, 7) is 4.90. The summed E-state index contributed by atoms with van der Waals surface area (Å²) in [5.41, 5.74) is 0.316. The van der Waals surface area contributed by atoms with Crippen LogP contribution in [0.2, 0.25) is 0 Å². The van der Waals surface area contributed by atoms with Gasteiger partial charge in [0.05, 0.1) is 5.56 Å². The Morgan fingerprint density at radius 2 is 1.75 bits per heavy atom. The largest absolute Gasteiger partial charge is 0.443 e. The molecule has 2 aromatic carbocycles. The van der Waals surface area contributed by atoms with Gasteiger partial charge in [0.25, 0.3) is 5.91 Å². The minimum absolute atomic E-state index is 0.205. The SMILES string of the molecule is CN1CCN(Cc2ccc(NC(=O)c3ncoc3-c3ccccc3C(F)(F)F)cc2)CC1. The summed E-state index contributed by atoms with van der Waals surface area (Å²) in [4.78, 5) is 21.3. The molecule has 3 aromatic rings. The quantitative estimate of drug-likeness (QED) is 0.634. The molecule has 1 aliphatic heterocycles. The van der Waals surface area contributed by atoms with Crippen molar-refractivity contribution in [2.24, 2.45) is 0 Å². The summed E-state index contributed by atoms with van der Waals surface area (Å²) >= 11 is 0. The maximum absolute atomic E-state index is 13.4. The Kier molecular flexibility index (Phi) is 6.29. The summed E-state index contributed by atoms with van der Waals surface area (Å²) in [6.07, 6.45) is -3.62. The second-order valence-corrected chi connectivity index (χ2v) is 7.80. The Bertz CT molecular complexity index is 1070. The number of alkyl halides is 3. The Balaban J connectivity index is 1.47. The predicted molar refractivity (Wildman–Crippen MR) is 114 cm³/mol. The van der Waals surface area contributed by atoms with Crippen molar-refractivity contribution in [2.45, 2.75) is 12.7 Å². The second kappa shape index (κ2) is 9.13. The first-order valence-electron chi connectivity index (χ1n) is 10.2. The lowest BCUT2D eigenvalue weighted by Gasteiger charge is -2.32. The average Bonchev–Trinajstić information content (AvgIpc) is 3.26. The predicted octanol–water partition coefficient (Wildman–Crippen LogP) is 4.36. The number of carbonyl (C=O) groups excluding carboxylic acids is 1. The monoisotopic (exact) mass is 444 g/mol. The van der Waals surface area contributed by atoms with Gasteiger partial charge in [0, 0.05) is 44.0 Å². The van der Waals surface area contributed by atoms with Crippen LogP contribution in [0.15, 0.2) is 59.3 Å². The molecule has 4 rings (SSSR count). The first kappa shape index (κ1) is 22.0. The number of hydrogen-bond acceptors (Lipinski definition) is 5. The van der Waals surface area contributed by atoms with Crippen LogP contribution in [0.5, 0.6) is 0 Å². The lowest BCUT2D eigenvalue weighted by molar-refractivity contribution is -0.137. The summed E-state index contributed by atoms with van der Waals surface area (Å²) in [6, 6.07) is 12.3. The van der Waals surface area contributed by atoms with Gasteiger partial charge in [-0.3, -0.25) is 9.69 Å². The number of nitrogens with one attached hydrogen (secondary N) is 1. The Labute approximate surface area is 183 Å². The van der Waals surface area contributed by atoms with Crippen LogP contribution in [0.25, 0.3) is 11.3 Å². The molecule has 1 N–H and O–H groups in total. The van der Waals surface area contributed by atoms with Crippen LogP contribution in [0, 0.1) is 0 Å². The smallest absolute Gasteiger partial charge is 0.417 e. The molecule has 168 valence electrons. The molecule has 9 heteroatoms. The maximum atomic E-state index is 13.4. The third-order valence-electron chi connectivity index (χ3n) is 5.47. The van der Waals surface area contributed by atoms with E-state index in [0.29, 0.717) is 5.69 Å². The molecular formula is C23H23F3N4O2. The second-order valence-electron chi connectivity index (χ2n) is 7.80. The standard InChI is InChI=1S/C23H23F3N4O2/c1-29-10-12-30(13-11-29)14-16-6-8-17(9-7-16)28-22(31)20-21(32-15-27-20)18-4-2-3-5-19(18)23(24,25)26/h2-9,15H,10-14H2,1H3,(H,28,31). The van der Waals surface area contributed by atoms with E-state index in [1.165, 1.54) is 18.2 Å². The number of halogens is 3. The number of anilines is 1. The molecule has 1 aliphatic rings. The van der Waals surface area contributed by atoms with E-state index in [9.17, 15) is 18.0 Å². The molecule has 0 radical (unpaired) electrons. The normalized spacial score (nSPS) is 15.6. The van der Waals surface area contributed by atoms with Gasteiger partial charge in [-0.2, -0.15) is 13.2 Å². The molecule has 2 heterocycles. The van der Waals surface area contributed by atoms with E-state index in [4.69, 9.17) is 4.42 Å². The molecule has 1 fully saturated rings. The number of amides is 1. The molecule has 1 aromatic heterocycles. The Morgan fingerprint density at radius 1 is 1.06 bits per heavy atom. The molecule has 1 amide bonds. The summed E-state index contributed by atoms with van der Waals surface area (Å²) < 4.78 is 45.3. The van der Waals surface area contributed by atoms with Crippen molar-refractivity contribution >= 4 is 11.6 Å². The number of piperazine rings is 1. The van der Waals surface area contributed by atoms with Gasteiger partial charge < -0.3 is 14.6 Å². The Hall–Kier alpha value is -3.17. The van der Waals surface area contributed by atoms with Crippen molar-refractivity contribution in [3.8, 4) is 11.3 Å². The number of benzene rings is 2. The molecule has 0 bridgehead atoms.